The number of methoxy groups -OCH3 is 1. The number of hydrogen-bond donors (Lipinski definition) is 0. The van der Waals surface area contributed by atoms with Crippen LogP contribution in [0.15, 0.2) is 46.4 Å². The largest absolute Gasteiger partial charge is 0.492 e. The van der Waals surface area contributed by atoms with Crippen molar-refractivity contribution in [2.75, 3.05) is 13.7 Å². The third kappa shape index (κ3) is 2.76. The van der Waals surface area contributed by atoms with E-state index in [4.69, 9.17) is 9.47 Å². The van der Waals surface area contributed by atoms with Gasteiger partial charge in [0.2, 0.25) is 0 Å². The third-order valence-electron chi connectivity index (χ3n) is 3.75. The molecule has 1 aliphatic carbocycles. The Morgan fingerprint density at radius 3 is 2.25 bits per heavy atom. The zero-order valence-corrected chi connectivity index (χ0v) is 14.8. The molecule has 5 heteroatoms. The van der Waals surface area contributed by atoms with Crippen molar-refractivity contribution >= 4 is 33.6 Å². The van der Waals surface area contributed by atoms with Crippen molar-refractivity contribution in [2.24, 2.45) is 0 Å². The number of rotatable bonds is 4. The van der Waals surface area contributed by atoms with Gasteiger partial charge in [0, 0.05) is 11.1 Å². The summed E-state index contributed by atoms with van der Waals surface area (Å²) in [4.78, 5) is 24.9. The number of carbonyl (C=O) groups excluding carboxylic acids is 2. The molecule has 0 bridgehead atoms. The van der Waals surface area contributed by atoms with Gasteiger partial charge in [-0.05, 0) is 46.6 Å². The Hall–Kier alpha value is -2.40. The van der Waals surface area contributed by atoms with Gasteiger partial charge in [0.1, 0.15) is 0 Å². The number of halogens is 1. The lowest BCUT2D eigenvalue weighted by Gasteiger charge is -2.12. The number of carbonyl (C=O) groups is 2. The van der Waals surface area contributed by atoms with Gasteiger partial charge in [0.05, 0.1) is 23.8 Å². The van der Waals surface area contributed by atoms with Crippen molar-refractivity contribution in [3.8, 4) is 11.5 Å². The Morgan fingerprint density at radius 2 is 1.71 bits per heavy atom. The van der Waals surface area contributed by atoms with Gasteiger partial charge in [-0.1, -0.05) is 24.3 Å². The van der Waals surface area contributed by atoms with Crippen LogP contribution in [-0.4, -0.2) is 25.3 Å². The standard InChI is InChI=1S/C19H15BrO4/c1-3-24-16-10-11(9-15(20)19(16)23-2)8-14-17(21)12-6-4-5-7-13(12)18(14)22/h4-10H,3H2,1-2H3. The molecule has 0 N–H and O–H groups in total. The molecule has 0 fully saturated rings. The van der Waals surface area contributed by atoms with E-state index in [1.807, 2.05) is 6.92 Å². The number of ether oxygens (including phenoxy) is 2. The molecule has 0 saturated carbocycles. The van der Waals surface area contributed by atoms with Crippen LogP contribution >= 0.6 is 15.9 Å². The predicted molar refractivity (Wildman–Crippen MR) is 94.9 cm³/mol. The zero-order valence-electron chi connectivity index (χ0n) is 13.3. The second-order valence-corrected chi connectivity index (χ2v) is 6.08. The van der Waals surface area contributed by atoms with E-state index in [0.29, 0.717) is 39.3 Å². The molecule has 0 spiro atoms. The van der Waals surface area contributed by atoms with Crippen molar-refractivity contribution in [1.82, 2.24) is 0 Å². The second-order valence-electron chi connectivity index (χ2n) is 5.23. The van der Waals surface area contributed by atoms with Crippen LogP contribution in [0.1, 0.15) is 33.2 Å². The molecular weight excluding hydrogens is 372 g/mol. The lowest BCUT2D eigenvalue weighted by Crippen LogP contribution is -2.01. The van der Waals surface area contributed by atoms with Crippen LogP contribution in [-0.2, 0) is 0 Å². The van der Waals surface area contributed by atoms with Crippen LogP contribution in [0.4, 0.5) is 0 Å². The molecule has 2 aromatic rings. The number of fused-ring (bicyclic) bond motifs is 1. The molecule has 0 radical (unpaired) electrons. The van der Waals surface area contributed by atoms with E-state index in [2.05, 4.69) is 15.9 Å². The van der Waals surface area contributed by atoms with E-state index >= 15 is 0 Å². The molecule has 0 atom stereocenters. The maximum Gasteiger partial charge on any atom is 0.197 e. The number of allylic oxidation sites excluding steroid dienone is 1. The van der Waals surface area contributed by atoms with E-state index in [9.17, 15) is 9.59 Å². The first-order valence-electron chi connectivity index (χ1n) is 7.47. The molecular formula is C19H15BrO4. The minimum Gasteiger partial charge on any atom is -0.492 e. The highest BCUT2D eigenvalue weighted by atomic mass is 79.9. The molecule has 122 valence electrons. The molecule has 0 saturated heterocycles. The van der Waals surface area contributed by atoms with Crippen molar-refractivity contribution < 1.29 is 19.1 Å². The summed E-state index contributed by atoms with van der Waals surface area (Å²) in [5.41, 5.74) is 1.75. The lowest BCUT2D eigenvalue weighted by atomic mass is 10.1. The van der Waals surface area contributed by atoms with Crippen molar-refractivity contribution in [3.05, 3.63) is 63.1 Å². The number of benzene rings is 2. The summed E-state index contributed by atoms with van der Waals surface area (Å²) in [5.74, 6) is 0.629. The molecule has 0 amide bonds. The van der Waals surface area contributed by atoms with Crippen LogP contribution in [0.5, 0.6) is 11.5 Å². The molecule has 3 rings (SSSR count). The SMILES string of the molecule is CCOc1cc(C=C2C(=O)c3ccccc3C2=O)cc(Br)c1OC. The van der Waals surface area contributed by atoms with E-state index in [1.54, 1.807) is 49.6 Å². The lowest BCUT2D eigenvalue weighted by molar-refractivity contribution is 0.0990. The number of ketones is 2. The monoisotopic (exact) mass is 386 g/mol. The molecule has 1 aliphatic rings. The molecule has 4 nitrogen and oxygen atoms in total. The second kappa shape index (κ2) is 6.61. The molecule has 0 heterocycles. The number of Topliss-reactive ketones (excluding diaryl/α,β-unsaturated/α-hetero) is 2. The Balaban J connectivity index is 2.07. The average molecular weight is 387 g/mol. The predicted octanol–water partition coefficient (Wildman–Crippen LogP) is 4.32. The Morgan fingerprint density at radius 1 is 1.08 bits per heavy atom. The first-order valence-corrected chi connectivity index (χ1v) is 8.26. The van der Waals surface area contributed by atoms with Gasteiger partial charge < -0.3 is 9.47 Å². The van der Waals surface area contributed by atoms with E-state index in [-0.39, 0.29) is 17.1 Å². The highest BCUT2D eigenvalue weighted by molar-refractivity contribution is 9.10. The van der Waals surface area contributed by atoms with E-state index in [1.165, 1.54) is 0 Å². The van der Waals surface area contributed by atoms with E-state index < -0.39 is 0 Å². The molecule has 24 heavy (non-hydrogen) atoms. The molecule has 2 aromatic carbocycles. The fourth-order valence-corrected chi connectivity index (χ4v) is 3.32. The summed E-state index contributed by atoms with van der Waals surface area (Å²) >= 11 is 3.43. The summed E-state index contributed by atoms with van der Waals surface area (Å²) in [5, 5.41) is 0. The summed E-state index contributed by atoms with van der Waals surface area (Å²) in [6.45, 7) is 2.35. The van der Waals surface area contributed by atoms with Gasteiger partial charge in [0.15, 0.2) is 23.1 Å². The van der Waals surface area contributed by atoms with Crippen LogP contribution in [0.3, 0.4) is 0 Å². The zero-order chi connectivity index (χ0) is 17.3. The summed E-state index contributed by atoms with van der Waals surface area (Å²) < 4.78 is 11.6. The van der Waals surface area contributed by atoms with Crippen LogP contribution in [0.2, 0.25) is 0 Å². The van der Waals surface area contributed by atoms with Gasteiger partial charge in [-0.3, -0.25) is 9.59 Å². The topological polar surface area (TPSA) is 52.6 Å². The molecule has 0 aromatic heterocycles. The van der Waals surface area contributed by atoms with Gasteiger partial charge in [-0.2, -0.15) is 0 Å². The first kappa shape index (κ1) is 16.5. The van der Waals surface area contributed by atoms with Gasteiger partial charge in [-0.15, -0.1) is 0 Å². The highest BCUT2D eigenvalue weighted by Crippen LogP contribution is 2.38. The first-order chi connectivity index (χ1) is 11.6. The fourth-order valence-electron chi connectivity index (χ4n) is 2.70. The minimum absolute atomic E-state index is 0.163. The summed E-state index contributed by atoms with van der Waals surface area (Å²) in [6, 6.07) is 10.4. The summed E-state index contributed by atoms with van der Waals surface area (Å²) in [6.07, 6.45) is 1.59. The maximum absolute atomic E-state index is 12.5. The maximum atomic E-state index is 12.5. The smallest absolute Gasteiger partial charge is 0.197 e. The van der Waals surface area contributed by atoms with Crippen LogP contribution in [0.25, 0.3) is 6.08 Å². The van der Waals surface area contributed by atoms with Gasteiger partial charge in [-0.25, -0.2) is 0 Å². The Kier molecular flexibility index (Phi) is 4.53. The average Bonchev–Trinajstić information content (AvgIpc) is 2.81. The fraction of sp³-hybridized carbons (Fsp3) is 0.158. The van der Waals surface area contributed by atoms with Crippen LogP contribution in [0, 0.1) is 0 Å². The normalized spacial score (nSPS) is 13.0. The Bertz CT molecular complexity index is 831. The van der Waals surface area contributed by atoms with Crippen LogP contribution < -0.4 is 9.47 Å². The van der Waals surface area contributed by atoms with Gasteiger partial charge >= 0.3 is 0 Å². The summed E-state index contributed by atoms with van der Waals surface area (Å²) in [7, 11) is 1.56. The molecule has 0 unspecified atom stereocenters. The minimum atomic E-state index is -0.250. The van der Waals surface area contributed by atoms with Crippen molar-refractivity contribution in [1.29, 1.82) is 0 Å². The van der Waals surface area contributed by atoms with E-state index in [0.717, 1.165) is 0 Å². The Labute approximate surface area is 148 Å². The van der Waals surface area contributed by atoms with Gasteiger partial charge in [0.25, 0.3) is 0 Å². The van der Waals surface area contributed by atoms with Crippen molar-refractivity contribution in [3.63, 3.8) is 0 Å². The third-order valence-corrected chi connectivity index (χ3v) is 4.34. The quantitative estimate of drug-likeness (QED) is 0.579. The van der Waals surface area contributed by atoms with Crippen molar-refractivity contribution in [2.45, 2.75) is 6.92 Å². The number of hydrogen-bond acceptors (Lipinski definition) is 4. The molecule has 0 aliphatic heterocycles. The highest BCUT2D eigenvalue weighted by Gasteiger charge is 2.32.